The molecule has 0 unspecified atom stereocenters. The molecule has 0 aromatic heterocycles. The number of amides is 2. The Morgan fingerprint density at radius 2 is 1.85 bits per heavy atom. The van der Waals surface area contributed by atoms with Crippen LogP contribution in [0, 0.1) is 5.92 Å². The summed E-state index contributed by atoms with van der Waals surface area (Å²) < 4.78 is 28.2. The normalized spacial score (nSPS) is 22.3. The van der Waals surface area contributed by atoms with Gasteiger partial charge in [0.2, 0.25) is 5.91 Å². The average Bonchev–Trinajstić information content (AvgIpc) is 2.99. The molecule has 0 N–H and O–H groups in total. The summed E-state index contributed by atoms with van der Waals surface area (Å²) in [6, 6.07) is 7.03. The fourth-order valence-electron chi connectivity index (χ4n) is 3.51. The van der Waals surface area contributed by atoms with Crippen LogP contribution < -0.4 is 4.74 Å². The van der Waals surface area contributed by atoms with Crippen molar-refractivity contribution in [3.8, 4) is 5.75 Å². The molecule has 0 radical (unpaired) electrons. The van der Waals surface area contributed by atoms with Gasteiger partial charge in [-0.05, 0) is 30.5 Å². The number of nitrogens with zero attached hydrogens (tertiary/aromatic N) is 2. The molecule has 1 atom stereocenters. The summed E-state index contributed by atoms with van der Waals surface area (Å²) in [5.74, 6) is 0.791. The molecular weight excluding hydrogens is 356 g/mol. The van der Waals surface area contributed by atoms with E-state index >= 15 is 0 Å². The van der Waals surface area contributed by atoms with E-state index in [2.05, 4.69) is 0 Å². The first-order valence-corrected chi connectivity index (χ1v) is 10.6. The van der Waals surface area contributed by atoms with Crippen molar-refractivity contribution in [1.82, 2.24) is 9.80 Å². The zero-order valence-electron chi connectivity index (χ0n) is 14.9. The fourth-order valence-corrected chi connectivity index (χ4v) is 5.37. The summed E-state index contributed by atoms with van der Waals surface area (Å²) in [4.78, 5) is 28.5. The molecule has 2 saturated heterocycles. The standard InChI is InChI=1S/C18H24N2O5S/c1-25-16-4-2-3-15(12-16)18(22)20-8-6-19(7-9-20)17(21)11-14-5-10-26(23,24)13-14/h2-4,12,14H,5-11,13H2,1H3/t14-/m0/s1. The number of benzene rings is 1. The molecule has 1 aromatic carbocycles. The lowest BCUT2D eigenvalue weighted by Gasteiger charge is -2.35. The van der Waals surface area contributed by atoms with Crippen molar-refractivity contribution in [2.24, 2.45) is 5.92 Å². The molecule has 2 aliphatic heterocycles. The second kappa shape index (κ2) is 7.65. The van der Waals surface area contributed by atoms with E-state index in [0.29, 0.717) is 43.9 Å². The van der Waals surface area contributed by atoms with Crippen molar-refractivity contribution in [3.63, 3.8) is 0 Å². The number of sulfone groups is 1. The van der Waals surface area contributed by atoms with E-state index in [4.69, 9.17) is 4.74 Å². The van der Waals surface area contributed by atoms with E-state index in [1.54, 1.807) is 41.2 Å². The lowest BCUT2D eigenvalue weighted by atomic mass is 10.0. The molecule has 0 bridgehead atoms. The van der Waals surface area contributed by atoms with E-state index in [-0.39, 0.29) is 35.7 Å². The molecule has 8 heteroatoms. The van der Waals surface area contributed by atoms with Crippen molar-refractivity contribution in [2.75, 3.05) is 44.8 Å². The average molecular weight is 380 g/mol. The highest BCUT2D eigenvalue weighted by Crippen LogP contribution is 2.23. The zero-order valence-corrected chi connectivity index (χ0v) is 15.7. The lowest BCUT2D eigenvalue weighted by molar-refractivity contribution is -0.133. The third kappa shape index (κ3) is 4.35. The number of rotatable bonds is 4. The van der Waals surface area contributed by atoms with E-state index < -0.39 is 9.84 Å². The summed E-state index contributed by atoms with van der Waals surface area (Å²) in [5.41, 5.74) is 0.570. The number of piperazine rings is 1. The maximum absolute atomic E-state index is 12.6. The van der Waals surface area contributed by atoms with E-state index in [0.717, 1.165) is 0 Å². The van der Waals surface area contributed by atoms with Crippen LogP contribution in [0.3, 0.4) is 0 Å². The summed E-state index contributed by atoms with van der Waals surface area (Å²) in [6.45, 7) is 1.91. The molecule has 2 heterocycles. The van der Waals surface area contributed by atoms with Crippen LogP contribution in [0.4, 0.5) is 0 Å². The molecule has 2 aliphatic rings. The Bertz CT molecular complexity index is 785. The van der Waals surface area contributed by atoms with Gasteiger partial charge in [0.1, 0.15) is 5.75 Å². The first-order valence-electron chi connectivity index (χ1n) is 8.79. The Balaban J connectivity index is 1.52. The smallest absolute Gasteiger partial charge is 0.254 e. The quantitative estimate of drug-likeness (QED) is 0.772. The molecule has 0 spiro atoms. The highest BCUT2D eigenvalue weighted by atomic mass is 32.2. The van der Waals surface area contributed by atoms with Gasteiger partial charge in [0.25, 0.3) is 5.91 Å². The summed E-state index contributed by atoms with van der Waals surface area (Å²) in [7, 11) is -1.40. The fraction of sp³-hybridized carbons (Fsp3) is 0.556. The first-order chi connectivity index (χ1) is 12.4. The molecule has 0 aliphatic carbocycles. The van der Waals surface area contributed by atoms with Crippen molar-refractivity contribution < 1.29 is 22.7 Å². The predicted molar refractivity (Wildman–Crippen MR) is 96.9 cm³/mol. The maximum Gasteiger partial charge on any atom is 0.254 e. The van der Waals surface area contributed by atoms with Crippen molar-refractivity contribution in [3.05, 3.63) is 29.8 Å². The van der Waals surface area contributed by atoms with Gasteiger partial charge < -0.3 is 14.5 Å². The number of ether oxygens (including phenoxy) is 1. The predicted octanol–water partition coefficient (Wildman–Crippen LogP) is 0.804. The minimum absolute atomic E-state index is 0.0134. The maximum atomic E-state index is 12.6. The van der Waals surface area contributed by atoms with Crippen LogP contribution in [-0.4, -0.2) is 74.8 Å². The lowest BCUT2D eigenvalue weighted by Crippen LogP contribution is -2.50. The number of hydrogen-bond donors (Lipinski definition) is 0. The highest BCUT2D eigenvalue weighted by Gasteiger charge is 2.32. The SMILES string of the molecule is COc1cccc(C(=O)N2CCN(C(=O)C[C@@H]3CCS(=O)(=O)C3)CC2)c1. The van der Waals surface area contributed by atoms with Gasteiger partial charge in [0.05, 0.1) is 18.6 Å². The Hall–Kier alpha value is -2.09. The van der Waals surface area contributed by atoms with Crippen LogP contribution in [0.25, 0.3) is 0 Å². The molecule has 2 amide bonds. The van der Waals surface area contributed by atoms with Gasteiger partial charge in [-0.1, -0.05) is 6.07 Å². The molecular formula is C18H24N2O5S. The Morgan fingerprint density at radius 3 is 2.46 bits per heavy atom. The number of carbonyl (C=O) groups excluding carboxylic acids is 2. The molecule has 26 heavy (non-hydrogen) atoms. The minimum Gasteiger partial charge on any atom is -0.497 e. The third-order valence-electron chi connectivity index (χ3n) is 5.03. The minimum atomic E-state index is -2.96. The molecule has 7 nitrogen and oxygen atoms in total. The number of carbonyl (C=O) groups is 2. The molecule has 142 valence electrons. The van der Waals surface area contributed by atoms with Crippen LogP contribution in [0.1, 0.15) is 23.2 Å². The highest BCUT2D eigenvalue weighted by molar-refractivity contribution is 7.91. The van der Waals surface area contributed by atoms with Crippen LogP contribution in [0.5, 0.6) is 5.75 Å². The second-order valence-electron chi connectivity index (χ2n) is 6.88. The largest absolute Gasteiger partial charge is 0.497 e. The van der Waals surface area contributed by atoms with Crippen LogP contribution >= 0.6 is 0 Å². The van der Waals surface area contributed by atoms with Crippen molar-refractivity contribution >= 4 is 21.7 Å². The number of hydrogen-bond acceptors (Lipinski definition) is 5. The molecule has 1 aromatic rings. The Morgan fingerprint density at radius 1 is 1.15 bits per heavy atom. The van der Waals surface area contributed by atoms with Crippen LogP contribution in [-0.2, 0) is 14.6 Å². The van der Waals surface area contributed by atoms with Gasteiger partial charge in [-0.25, -0.2) is 8.42 Å². The monoisotopic (exact) mass is 380 g/mol. The molecule has 0 saturated carbocycles. The topological polar surface area (TPSA) is 84.0 Å². The van der Waals surface area contributed by atoms with Gasteiger partial charge in [-0.15, -0.1) is 0 Å². The zero-order chi connectivity index (χ0) is 18.7. The number of methoxy groups -OCH3 is 1. The van der Waals surface area contributed by atoms with Gasteiger partial charge >= 0.3 is 0 Å². The summed E-state index contributed by atoms with van der Waals surface area (Å²) in [5, 5.41) is 0. The summed E-state index contributed by atoms with van der Waals surface area (Å²) >= 11 is 0. The van der Waals surface area contributed by atoms with Gasteiger partial charge in [0.15, 0.2) is 9.84 Å². The van der Waals surface area contributed by atoms with Crippen molar-refractivity contribution in [2.45, 2.75) is 12.8 Å². The summed E-state index contributed by atoms with van der Waals surface area (Å²) in [6.07, 6.45) is 0.853. The van der Waals surface area contributed by atoms with Crippen LogP contribution in [0.2, 0.25) is 0 Å². The van der Waals surface area contributed by atoms with E-state index in [1.165, 1.54) is 0 Å². The van der Waals surface area contributed by atoms with Gasteiger partial charge in [0, 0.05) is 38.2 Å². The first kappa shape index (κ1) is 18.7. The molecule has 2 fully saturated rings. The Labute approximate surface area is 153 Å². The van der Waals surface area contributed by atoms with Gasteiger partial charge in [-0.3, -0.25) is 9.59 Å². The van der Waals surface area contributed by atoms with E-state index in [9.17, 15) is 18.0 Å². The second-order valence-corrected chi connectivity index (χ2v) is 9.11. The van der Waals surface area contributed by atoms with Crippen molar-refractivity contribution in [1.29, 1.82) is 0 Å². The van der Waals surface area contributed by atoms with Gasteiger partial charge in [-0.2, -0.15) is 0 Å². The Kier molecular flexibility index (Phi) is 5.50. The van der Waals surface area contributed by atoms with E-state index in [1.807, 2.05) is 0 Å². The molecule has 3 rings (SSSR count). The third-order valence-corrected chi connectivity index (χ3v) is 6.86. The van der Waals surface area contributed by atoms with Crippen LogP contribution in [0.15, 0.2) is 24.3 Å².